The molecule has 3 aromatic carbocycles. The van der Waals surface area contributed by atoms with E-state index >= 15 is 0 Å². The lowest BCUT2D eigenvalue weighted by Crippen LogP contribution is -2.38. The van der Waals surface area contributed by atoms with Crippen LogP contribution in [0.1, 0.15) is 46.7 Å². The molecule has 0 aliphatic rings. The molecule has 0 aliphatic heterocycles. The third-order valence-electron chi connectivity index (χ3n) is 6.50. The Kier molecular flexibility index (Phi) is 8.01. The molecule has 1 unspecified atom stereocenters. The van der Waals surface area contributed by atoms with Crippen LogP contribution < -0.4 is 5.56 Å². The zero-order chi connectivity index (χ0) is 25.8. The normalized spacial score (nSPS) is 12.0. The average molecular weight is 548 g/mol. The number of fused-ring (bicyclic) bond motifs is 1. The Morgan fingerprint density at radius 1 is 1.06 bits per heavy atom. The number of benzene rings is 3. The van der Waals surface area contributed by atoms with E-state index in [-0.39, 0.29) is 11.5 Å². The highest BCUT2D eigenvalue weighted by molar-refractivity contribution is 9.10. The molecule has 4 rings (SSSR count). The predicted octanol–water partition coefficient (Wildman–Crippen LogP) is 6.00. The first-order valence-electron chi connectivity index (χ1n) is 12.0. The molecule has 0 spiro atoms. The molecule has 36 heavy (non-hydrogen) atoms. The quantitative estimate of drug-likeness (QED) is 0.253. The van der Waals surface area contributed by atoms with Gasteiger partial charge in [0, 0.05) is 24.7 Å². The molecule has 186 valence electrons. The molecule has 0 aliphatic carbocycles. The Balaban J connectivity index is 1.91. The number of hydrogen-bond donors (Lipinski definition) is 0. The first-order valence-corrected chi connectivity index (χ1v) is 12.8. The number of carbonyl (C=O) groups excluding carboxylic acids is 1. The number of rotatable bonds is 8. The van der Waals surface area contributed by atoms with Gasteiger partial charge in [-0.1, -0.05) is 30.3 Å². The van der Waals surface area contributed by atoms with E-state index in [4.69, 9.17) is 9.72 Å². The summed E-state index contributed by atoms with van der Waals surface area (Å²) >= 11 is 3.52. The second-order valence-electron chi connectivity index (χ2n) is 8.90. The summed E-state index contributed by atoms with van der Waals surface area (Å²) in [6.45, 7) is 6.95. The van der Waals surface area contributed by atoms with Crippen LogP contribution in [0.3, 0.4) is 0 Å². The average Bonchev–Trinajstić information content (AvgIpc) is 2.88. The minimum Gasteiger partial charge on any atom is -0.385 e. The van der Waals surface area contributed by atoms with E-state index in [0.717, 1.165) is 21.3 Å². The van der Waals surface area contributed by atoms with Gasteiger partial charge in [0.15, 0.2) is 0 Å². The zero-order valence-electron chi connectivity index (χ0n) is 21.0. The standard InChI is InChI=1S/C29H30BrN3O3/c1-19-14-15-22(18-20(19)2)33-27(31-26-13-8-6-11-24(26)29(33)35)21(3)32(16-9-17-36-4)28(34)23-10-5-7-12-25(23)30/h5-8,10-15,18,21H,9,16-17H2,1-4H3. The van der Waals surface area contributed by atoms with E-state index in [1.54, 1.807) is 28.7 Å². The summed E-state index contributed by atoms with van der Waals surface area (Å²) in [6.07, 6.45) is 0.651. The van der Waals surface area contributed by atoms with Crippen LogP contribution in [0.15, 0.2) is 76.0 Å². The summed E-state index contributed by atoms with van der Waals surface area (Å²) < 4.78 is 7.63. The highest BCUT2D eigenvalue weighted by Gasteiger charge is 2.28. The summed E-state index contributed by atoms with van der Waals surface area (Å²) in [7, 11) is 1.64. The van der Waals surface area contributed by atoms with Gasteiger partial charge in [-0.05, 0) is 90.6 Å². The van der Waals surface area contributed by atoms with Crippen molar-refractivity contribution in [3.8, 4) is 5.69 Å². The van der Waals surface area contributed by atoms with Gasteiger partial charge in [0.2, 0.25) is 0 Å². The SMILES string of the molecule is COCCCN(C(=O)c1ccccc1Br)C(C)c1nc2ccccc2c(=O)n1-c1ccc(C)c(C)c1. The molecular formula is C29H30BrN3O3. The molecule has 6 nitrogen and oxygen atoms in total. The van der Waals surface area contributed by atoms with Crippen molar-refractivity contribution in [1.29, 1.82) is 0 Å². The summed E-state index contributed by atoms with van der Waals surface area (Å²) in [4.78, 5) is 34.3. The Bertz CT molecular complexity index is 1460. The van der Waals surface area contributed by atoms with Crippen molar-refractivity contribution in [2.24, 2.45) is 0 Å². The Morgan fingerprint density at radius 3 is 2.50 bits per heavy atom. The minimum absolute atomic E-state index is 0.139. The molecule has 0 saturated heterocycles. The maximum Gasteiger partial charge on any atom is 0.266 e. The summed E-state index contributed by atoms with van der Waals surface area (Å²) in [5.74, 6) is 0.375. The maximum absolute atomic E-state index is 13.8. The van der Waals surface area contributed by atoms with Crippen LogP contribution >= 0.6 is 15.9 Å². The number of carbonyl (C=O) groups is 1. The van der Waals surface area contributed by atoms with Gasteiger partial charge in [0.1, 0.15) is 5.82 Å². The van der Waals surface area contributed by atoms with Gasteiger partial charge in [-0.25, -0.2) is 4.98 Å². The molecule has 0 radical (unpaired) electrons. The molecule has 0 saturated carbocycles. The number of aryl methyl sites for hydroxylation is 2. The zero-order valence-corrected chi connectivity index (χ0v) is 22.6. The molecule has 0 bridgehead atoms. The minimum atomic E-state index is -0.486. The van der Waals surface area contributed by atoms with Crippen LogP contribution in [0.25, 0.3) is 16.6 Å². The molecule has 1 atom stereocenters. The van der Waals surface area contributed by atoms with Crippen LogP contribution in [0.4, 0.5) is 0 Å². The van der Waals surface area contributed by atoms with E-state index in [2.05, 4.69) is 15.9 Å². The smallest absolute Gasteiger partial charge is 0.266 e. The second-order valence-corrected chi connectivity index (χ2v) is 9.75. The lowest BCUT2D eigenvalue weighted by Gasteiger charge is -2.31. The molecule has 0 fully saturated rings. The van der Waals surface area contributed by atoms with E-state index in [9.17, 15) is 9.59 Å². The number of halogens is 1. The van der Waals surface area contributed by atoms with Crippen LogP contribution in [0.2, 0.25) is 0 Å². The number of methoxy groups -OCH3 is 1. The highest BCUT2D eigenvalue weighted by Crippen LogP contribution is 2.27. The molecule has 1 aromatic heterocycles. The van der Waals surface area contributed by atoms with Crippen LogP contribution in [-0.4, -0.2) is 40.6 Å². The first kappa shape index (κ1) is 25.8. The van der Waals surface area contributed by atoms with Crippen LogP contribution in [-0.2, 0) is 4.74 Å². The van der Waals surface area contributed by atoms with Crippen LogP contribution in [0.5, 0.6) is 0 Å². The Labute approximate surface area is 219 Å². The number of ether oxygens (including phenoxy) is 1. The predicted molar refractivity (Wildman–Crippen MR) is 147 cm³/mol. The van der Waals surface area contributed by atoms with Crippen molar-refractivity contribution < 1.29 is 9.53 Å². The molecule has 1 heterocycles. The number of hydrogen-bond acceptors (Lipinski definition) is 4. The third kappa shape index (κ3) is 5.13. The summed E-state index contributed by atoms with van der Waals surface area (Å²) in [6, 6.07) is 20.1. The van der Waals surface area contributed by atoms with Crippen LogP contribution in [0, 0.1) is 13.8 Å². The van der Waals surface area contributed by atoms with E-state index in [1.807, 2.05) is 75.4 Å². The Hall–Kier alpha value is -3.29. The van der Waals surface area contributed by atoms with Crippen molar-refractivity contribution in [1.82, 2.24) is 14.5 Å². The summed E-state index contributed by atoms with van der Waals surface area (Å²) in [5, 5.41) is 0.537. The van der Waals surface area contributed by atoms with E-state index < -0.39 is 6.04 Å². The highest BCUT2D eigenvalue weighted by atomic mass is 79.9. The fourth-order valence-electron chi connectivity index (χ4n) is 4.32. The number of amides is 1. The van der Waals surface area contributed by atoms with Gasteiger partial charge in [0.25, 0.3) is 11.5 Å². The largest absolute Gasteiger partial charge is 0.385 e. The van der Waals surface area contributed by atoms with Crippen molar-refractivity contribution in [3.63, 3.8) is 0 Å². The molecule has 1 amide bonds. The summed E-state index contributed by atoms with van der Waals surface area (Å²) in [5.41, 5.74) is 3.95. The monoisotopic (exact) mass is 547 g/mol. The van der Waals surface area contributed by atoms with Gasteiger partial charge in [-0.2, -0.15) is 0 Å². The number of nitrogens with zero attached hydrogens (tertiary/aromatic N) is 3. The second kappa shape index (κ2) is 11.2. The first-order chi connectivity index (χ1) is 17.3. The number of aromatic nitrogens is 2. The van der Waals surface area contributed by atoms with E-state index in [1.165, 1.54) is 0 Å². The van der Waals surface area contributed by atoms with E-state index in [0.29, 0.717) is 41.9 Å². The van der Waals surface area contributed by atoms with Gasteiger partial charge < -0.3 is 9.64 Å². The van der Waals surface area contributed by atoms with Crippen molar-refractivity contribution >= 4 is 32.7 Å². The fourth-order valence-corrected chi connectivity index (χ4v) is 4.78. The molecule has 7 heteroatoms. The third-order valence-corrected chi connectivity index (χ3v) is 7.20. The van der Waals surface area contributed by atoms with Crippen molar-refractivity contribution in [2.75, 3.05) is 20.3 Å². The van der Waals surface area contributed by atoms with Gasteiger partial charge in [0.05, 0.1) is 28.2 Å². The van der Waals surface area contributed by atoms with Gasteiger partial charge in [-0.3, -0.25) is 14.2 Å². The topological polar surface area (TPSA) is 64.4 Å². The lowest BCUT2D eigenvalue weighted by molar-refractivity contribution is 0.0656. The maximum atomic E-state index is 13.8. The number of para-hydroxylation sites is 1. The lowest BCUT2D eigenvalue weighted by atomic mass is 10.1. The van der Waals surface area contributed by atoms with Crippen molar-refractivity contribution in [3.05, 3.63) is 104 Å². The van der Waals surface area contributed by atoms with Crippen molar-refractivity contribution in [2.45, 2.75) is 33.2 Å². The fraction of sp³-hybridized carbons (Fsp3) is 0.276. The van der Waals surface area contributed by atoms with Gasteiger partial charge >= 0.3 is 0 Å². The Morgan fingerprint density at radius 2 is 1.78 bits per heavy atom. The van der Waals surface area contributed by atoms with Gasteiger partial charge in [-0.15, -0.1) is 0 Å². The molecule has 4 aromatic rings. The molecule has 0 N–H and O–H groups in total. The molecular weight excluding hydrogens is 518 g/mol.